The molecule has 1 aliphatic carbocycles. The fourth-order valence-corrected chi connectivity index (χ4v) is 3.76. The van der Waals surface area contributed by atoms with Gasteiger partial charge in [-0.1, -0.05) is 19.8 Å². The van der Waals surface area contributed by atoms with Crippen LogP contribution in [0, 0.1) is 11.8 Å². The van der Waals surface area contributed by atoms with Crippen molar-refractivity contribution in [3.05, 3.63) is 0 Å². The molecular weight excluding hydrogens is 230 g/mol. The van der Waals surface area contributed by atoms with Gasteiger partial charge in [-0.15, -0.1) is 0 Å². The minimum Gasteiger partial charge on any atom is -0.480 e. The van der Waals surface area contributed by atoms with Gasteiger partial charge in [0, 0.05) is 26.3 Å². The molecule has 1 aliphatic heterocycles. The molecule has 4 atom stereocenters. The smallest absolute Gasteiger partial charge is 0.320 e. The molecule has 0 radical (unpaired) electrons. The summed E-state index contributed by atoms with van der Waals surface area (Å²) in [5.41, 5.74) is 0. The molecule has 4 heteroatoms. The Balaban J connectivity index is 2.04. The number of methoxy groups -OCH3 is 1. The van der Waals surface area contributed by atoms with Crippen LogP contribution in [0.5, 0.6) is 0 Å². The third-order valence-electron chi connectivity index (χ3n) is 4.48. The second-order valence-electron chi connectivity index (χ2n) is 5.96. The Morgan fingerprint density at radius 1 is 1.44 bits per heavy atom. The van der Waals surface area contributed by atoms with Gasteiger partial charge in [0.05, 0.1) is 0 Å². The van der Waals surface area contributed by atoms with E-state index in [-0.39, 0.29) is 6.04 Å². The number of hydrogen-bond donors (Lipinski definition) is 1. The zero-order chi connectivity index (χ0) is 13.1. The summed E-state index contributed by atoms with van der Waals surface area (Å²) >= 11 is 0. The lowest BCUT2D eigenvalue weighted by Crippen LogP contribution is -2.45. The summed E-state index contributed by atoms with van der Waals surface area (Å²) in [7, 11) is 1.71. The van der Waals surface area contributed by atoms with Crippen molar-refractivity contribution < 1.29 is 14.6 Å². The van der Waals surface area contributed by atoms with Crippen LogP contribution < -0.4 is 0 Å². The first-order chi connectivity index (χ1) is 8.63. The lowest BCUT2D eigenvalue weighted by Gasteiger charge is -2.34. The van der Waals surface area contributed by atoms with E-state index in [1.807, 2.05) is 0 Å². The van der Waals surface area contributed by atoms with Crippen molar-refractivity contribution in [2.75, 3.05) is 20.3 Å². The van der Waals surface area contributed by atoms with Crippen LogP contribution in [-0.2, 0) is 9.53 Å². The highest BCUT2D eigenvalue weighted by Gasteiger charge is 2.45. The van der Waals surface area contributed by atoms with Gasteiger partial charge in [-0.3, -0.25) is 9.69 Å². The highest BCUT2D eigenvalue weighted by molar-refractivity contribution is 5.74. The number of fused-ring (bicyclic) bond motifs is 1. The van der Waals surface area contributed by atoms with Crippen LogP contribution in [0.3, 0.4) is 0 Å². The topological polar surface area (TPSA) is 49.8 Å². The fraction of sp³-hybridized carbons (Fsp3) is 0.929. The minimum atomic E-state index is -0.644. The molecule has 0 aromatic carbocycles. The predicted molar refractivity (Wildman–Crippen MR) is 69.5 cm³/mol. The molecule has 4 nitrogen and oxygen atoms in total. The molecule has 2 fully saturated rings. The number of aliphatic carboxylic acids is 1. The van der Waals surface area contributed by atoms with Gasteiger partial charge in [0.1, 0.15) is 6.04 Å². The van der Waals surface area contributed by atoms with E-state index in [1.54, 1.807) is 7.11 Å². The third-order valence-corrected chi connectivity index (χ3v) is 4.48. The number of rotatable bonds is 5. The standard InChI is InChI=1S/C14H25NO3/c1-10(9-18-2)8-15-12-6-4-3-5-11(12)7-13(15)14(16)17/h10-13H,3-9H2,1-2H3,(H,16,17). The van der Waals surface area contributed by atoms with Crippen LogP contribution in [-0.4, -0.2) is 48.3 Å². The van der Waals surface area contributed by atoms with E-state index in [0.717, 1.165) is 13.0 Å². The molecule has 1 saturated heterocycles. The molecule has 0 aromatic rings. The molecule has 0 amide bonds. The van der Waals surface area contributed by atoms with E-state index in [4.69, 9.17) is 4.74 Å². The number of likely N-dealkylation sites (tertiary alicyclic amines) is 1. The highest BCUT2D eigenvalue weighted by Crippen LogP contribution is 2.40. The summed E-state index contributed by atoms with van der Waals surface area (Å²) < 4.78 is 5.17. The summed E-state index contributed by atoms with van der Waals surface area (Å²) in [4.78, 5) is 13.7. The van der Waals surface area contributed by atoms with Crippen molar-refractivity contribution in [2.45, 2.75) is 51.1 Å². The Bertz CT molecular complexity index is 295. The van der Waals surface area contributed by atoms with Crippen molar-refractivity contribution >= 4 is 5.97 Å². The molecule has 18 heavy (non-hydrogen) atoms. The quantitative estimate of drug-likeness (QED) is 0.816. The number of hydrogen-bond acceptors (Lipinski definition) is 3. The van der Waals surface area contributed by atoms with Crippen LogP contribution in [0.1, 0.15) is 39.0 Å². The van der Waals surface area contributed by atoms with E-state index < -0.39 is 5.97 Å². The van der Waals surface area contributed by atoms with Crippen LogP contribution in [0.4, 0.5) is 0 Å². The molecular formula is C14H25NO3. The largest absolute Gasteiger partial charge is 0.480 e. The highest BCUT2D eigenvalue weighted by atomic mass is 16.5. The molecule has 0 spiro atoms. The van der Waals surface area contributed by atoms with E-state index in [2.05, 4.69) is 11.8 Å². The number of nitrogens with zero attached hydrogens (tertiary/aromatic N) is 1. The molecule has 104 valence electrons. The maximum atomic E-state index is 11.4. The number of carbonyl (C=O) groups is 1. The molecule has 1 heterocycles. The van der Waals surface area contributed by atoms with Crippen LogP contribution in [0.15, 0.2) is 0 Å². The van der Waals surface area contributed by atoms with Crippen LogP contribution >= 0.6 is 0 Å². The Morgan fingerprint density at radius 3 is 2.83 bits per heavy atom. The minimum absolute atomic E-state index is 0.266. The van der Waals surface area contributed by atoms with Gasteiger partial charge in [0.25, 0.3) is 0 Å². The first kappa shape index (κ1) is 13.8. The first-order valence-electron chi connectivity index (χ1n) is 7.11. The Kier molecular flexibility index (Phi) is 4.62. The fourth-order valence-electron chi connectivity index (χ4n) is 3.76. The molecule has 2 rings (SSSR count). The van der Waals surface area contributed by atoms with E-state index >= 15 is 0 Å². The SMILES string of the molecule is COCC(C)CN1C(C(=O)O)CC2CCCCC21. The van der Waals surface area contributed by atoms with Crippen molar-refractivity contribution in [3.63, 3.8) is 0 Å². The zero-order valence-corrected chi connectivity index (χ0v) is 11.5. The van der Waals surface area contributed by atoms with Crippen molar-refractivity contribution in [2.24, 2.45) is 11.8 Å². The predicted octanol–water partition coefficient (Wildman–Crippen LogP) is 1.99. The van der Waals surface area contributed by atoms with Gasteiger partial charge in [-0.2, -0.15) is 0 Å². The summed E-state index contributed by atoms with van der Waals surface area (Å²) in [6, 6.07) is 0.233. The molecule has 0 aromatic heterocycles. The summed E-state index contributed by atoms with van der Waals surface area (Å²) in [6.45, 7) is 3.70. The second kappa shape index (κ2) is 6.02. The zero-order valence-electron chi connectivity index (χ0n) is 11.5. The molecule has 1 saturated carbocycles. The Morgan fingerprint density at radius 2 is 2.17 bits per heavy atom. The van der Waals surface area contributed by atoms with E-state index in [1.165, 1.54) is 25.7 Å². The molecule has 0 bridgehead atoms. The van der Waals surface area contributed by atoms with E-state index in [9.17, 15) is 9.90 Å². The lowest BCUT2D eigenvalue weighted by atomic mass is 9.84. The maximum Gasteiger partial charge on any atom is 0.320 e. The van der Waals surface area contributed by atoms with Crippen molar-refractivity contribution in [3.8, 4) is 0 Å². The average molecular weight is 255 g/mol. The second-order valence-corrected chi connectivity index (χ2v) is 5.96. The Hall–Kier alpha value is -0.610. The molecule has 4 unspecified atom stereocenters. The van der Waals surface area contributed by atoms with Crippen LogP contribution in [0.2, 0.25) is 0 Å². The van der Waals surface area contributed by atoms with Crippen molar-refractivity contribution in [1.29, 1.82) is 0 Å². The number of carboxylic acid groups (broad SMARTS) is 1. The van der Waals surface area contributed by atoms with Gasteiger partial charge in [-0.25, -0.2) is 0 Å². The van der Waals surface area contributed by atoms with Crippen LogP contribution in [0.25, 0.3) is 0 Å². The summed E-state index contributed by atoms with van der Waals surface area (Å²) in [5.74, 6) is 0.362. The normalized spacial score (nSPS) is 34.2. The number of ether oxygens (including phenoxy) is 1. The van der Waals surface area contributed by atoms with E-state index in [0.29, 0.717) is 24.5 Å². The van der Waals surface area contributed by atoms with Gasteiger partial charge in [0.2, 0.25) is 0 Å². The van der Waals surface area contributed by atoms with Crippen molar-refractivity contribution in [1.82, 2.24) is 4.90 Å². The molecule has 2 aliphatic rings. The summed E-state index contributed by atoms with van der Waals surface area (Å²) in [6.07, 6.45) is 5.76. The monoisotopic (exact) mass is 255 g/mol. The summed E-state index contributed by atoms with van der Waals surface area (Å²) in [5, 5.41) is 9.40. The lowest BCUT2D eigenvalue weighted by molar-refractivity contribution is -0.143. The third kappa shape index (κ3) is 2.86. The first-order valence-corrected chi connectivity index (χ1v) is 7.11. The number of carboxylic acids is 1. The molecule has 1 N–H and O–H groups in total. The van der Waals surface area contributed by atoms with Gasteiger partial charge in [-0.05, 0) is 31.1 Å². The Labute approximate surface area is 109 Å². The van der Waals surface area contributed by atoms with Gasteiger partial charge in [0.15, 0.2) is 0 Å². The average Bonchev–Trinajstić information content (AvgIpc) is 2.69. The van der Waals surface area contributed by atoms with Gasteiger partial charge < -0.3 is 9.84 Å². The van der Waals surface area contributed by atoms with Gasteiger partial charge >= 0.3 is 5.97 Å². The maximum absolute atomic E-state index is 11.4.